The van der Waals surface area contributed by atoms with Crippen molar-refractivity contribution in [1.82, 2.24) is 0 Å². The lowest BCUT2D eigenvalue weighted by Crippen LogP contribution is -2.10. The molecule has 0 N–H and O–H groups in total. The molecular formula is C13H18S. The molecule has 1 aromatic carbocycles. The van der Waals surface area contributed by atoms with Crippen molar-refractivity contribution < 1.29 is 0 Å². The SMILES string of the molecule is CCCC(C)C(C=S)c1ccccc1. The van der Waals surface area contributed by atoms with Gasteiger partial charge in [0.15, 0.2) is 0 Å². The van der Waals surface area contributed by atoms with Gasteiger partial charge < -0.3 is 0 Å². The van der Waals surface area contributed by atoms with Crippen molar-refractivity contribution in [3.63, 3.8) is 0 Å². The minimum atomic E-state index is 0.436. The zero-order valence-electron chi connectivity index (χ0n) is 8.94. The molecule has 2 unspecified atom stereocenters. The first-order valence-corrected chi connectivity index (χ1v) is 5.77. The van der Waals surface area contributed by atoms with E-state index in [-0.39, 0.29) is 0 Å². The molecule has 0 aliphatic carbocycles. The summed E-state index contributed by atoms with van der Waals surface area (Å²) in [7, 11) is 0. The third kappa shape index (κ3) is 2.91. The minimum absolute atomic E-state index is 0.436. The molecule has 14 heavy (non-hydrogen) atoms. The molecule has 1 rings (SSSR count). The van der Waals surface area contributed by atoms with Crippen LogP contribution in [-0.4, -0.2) is 5.37 Å². The highest BCUT2D eigenvalue weighted by Gasteiger charge is 2.15. The molecule has 0 aromatic heterocycles. The number of thiocarbonyl (C=S) groups is 1. The summed E-state index contributed by atoms with van der Waals surface area (Å²) in [6.45, 7) is 4.51. The van der Waals surface area contributed by atoms with Gasteiger partial charge in [-0.1, -0.05) is 69.2 Å². The van der Waals surface area contributed by atoms with Gasteiger partial charge in [-0.15, -0.1) is 0 Å². The maximum atomic E-state index is 5.12. The Morgan fingerprint density at radius 1 is 1.29 bits per heavy atom. The van der Waals surface area contributed by atoms with E-state index >= 15 is 0 Å². The molecule has 0 radical (unpaired) electrons. The first-order valence-electron chi connectivity index (χ1n) is 5.29. The number of hydrogen-bond acceptors (Lipinski definition) is 1. The summed E-state index contributed by atoms with van der Waals surface area (Å²) >= 11 is 5.12. The Labute approximate surface area is 92.3 Å². The Bertz CT molecular complexity index is 266. The normalized spacial score (nSPS) is 14.7. The molecule has 1 aromatic rings. The summed E-state index contributed by atoms with van der Waals surface area (Å²) < 4.78 is 0. The van der Waals surface area contributed by atoms with Crippen LogP contribution in [0.1, 0.15) is 38.2 Å². The van der Waals surface area contributed by atoms with Gasteiger partial charge in [0.05, 0.1) is 0 Å². The lowest BCUT2D eigenvalue weighted by atomic mass is 9.86. The maximum Gasteiger partial charge on any atom is 0.0148 e. The Morgan fingerprint density at radius 2 is 1.93 bits per heavy atom. The lowest BCUT2D eigenvalue weighted by Gasteiger charge is -2.19. The molecule has 1 heteroatoms. The van der Waals surface area contributed by atoms with E-state index in [1.165, 1.54) is 18.4 Å². The van der Waals surface area contributed by atoms with Crippen LogP contribution >= 0.6 is 12.2 Å². The van der Waals surface area contributed by atoms with E-state index < -0.39 is 0 Å². The van der Waals surface area contributed by atoms with Crippen molar-refractivity contribution in [2.75, 3.05) is 0 Å². The van der Waals surface area contributed by atoms with Crippen molar-refractivity contribution in [2.24, 2.45) is 5.92 Å². The van der Waals surface area contributed by atoms with E-state index in [1.807, 2.05) is 5.37 Å². The Morgan fingerprint density at radius 3 is 2.43 bits per heavy atom. The van der Waals surface area contributed by atoms with E-state index in [0.717, 1.165) is 0 Å². The molecule has 0 amide bonds. The molecular weight excluding hydrogens is 188 g/mol. The Hall–Kier alpha value is -0.690. The van der Waals surface area contributed by atoms with E-state index in [1.54, 1.807) is 0 Å². The Kier molecular flexibility index (Phi) is 4.81. The van der Waals surface area contributed by atoms with Gasteiger partial charge >= 0.3 is 0 Å². The Balaban J connectivity index is 2.76. The number of hydrogen-bond donors (Lipinski definition) is 0. The lowest BCUT2D eigenvalue weighted by molar-refractivity contribution is 0.501. The van der Waals surface area contributed by atoms with Crippen LogP contribution in [0.15, 0.2) is 30.3 Å². The van der Waals surface area contributed by atoms with Gasteiger partial charge in [0.2, 0.25) is 0 Å². The molecule has 2 atom stereocenters. The van der Waals surface area contributed by atoms with E-state index in [9.17, 15) is 0 Å². The topological polar surface area (TPSA) is 0 Å². The van der Waals surface area contributed by atoms with Gasteiger partial charge in [-0.3, -0.25) is 0 Å². The summed E-state index contributed by atoms with van der Waals surface area (Å²) in [5, 5.41) is 1.91. The summed E-state index contributed by atoms with van der Waals surface area (Å²) in [5.41, 5.74) is 1.35. The summed E-state index contributed by atoms with van der Waals surface area (Å²) in [5.74, 6) is 1.09. The van der Waals surface area contributed by atoms with Crippen molar-refractivity contribution >= 4 is 17.6 Å². The van der Waals surface area contributed by atoms with Crippen LogP contribution in [0.2, 0.25) is 0 Å². The third-order valence-corrected chi connectivity index (χ3v) is 2.98. The fourth-order valence-corrected chi connectivity index (χ4v) is 2.28. The second-order valence-corrected chi connectivity index (χ2v) is 4.11. The fraction of sp³-hybridized carbons (Fsp3) is 0.462. The van der Waals surface area contributed by atoms with Gasteiger partial charge in [-0.05, 0) is 16.8 Å². The van der Waals surface area contributed by atoms with Crippen LogP contribution in [-0.2, 0) is 0 Å². The van der Waals surface area contributed by atoms with Crippen LogP contribution in [0.3, 0.4) is 0 Å². The van der Waals surface area contributed by atoms with E-state index in [0.29, 0.717) is 11.8 Å². The van der Waals surface area contributed by atoms with Crippen LogP contribution < -0.4 is 0 Å². The van der Waals surface area contributed by atoms with E-state index in [2.05, 4.69) is 44.2 Å². The van der Waals surface area contributed by atoms with Crippen molar-refractivity contribution in [3.05, 3.63) is 35.9 Å². The highest BCUT2D eigenvalue weighted by molar-refractivity contribution is 7.79. The zero-order valence-corrected chi connectivity index (χ0v) is 9.76. The smallest absolute Gasteiger partial charge is 0.0148 e. The van der Waals surface area contributed by atoms with Crippen LogP contribution in [0, 0.1) is 5.92 Å². The average Bonchev–Trinajstić information content (AvgIpc) is 2.21. The minimum Gasteiger partial charge on any atom is -0.0928 e. The van der Waals surface area contributed by atoms with Crippen molar-refractivity contribution in [1.29, 1.82) is 0 Å². The van der Waals surface area contributed by atoms with Crippen LogP contribution in [0.4, 0.5) is 0 Å². The molecule has 0 nitrogen and oxygen atoms in total. The second-order valence-electron chi connectivity index (χ2n) is 3.84. The molecule has 0 saturated heterocycles. The first-order chi connectivity index (χ1) is 6.79. The molecule has 0 aliphatic rings. The second kappa shape index (κ2) is 5.92. The predicted octanol–water partition coefficient (Wildman–Crippen LogP) is 4.21. The monoisotopic (exact) mass is 206 g/mol. The third-order valence-electron chi connectivity index (χ3n) is 2.69. The largest absolute Gasteiger partial charge is 0.0928 e. The number of benzene rings is 1. The zero-order chi connectivity index (χ0) is 10.4. The molecule has 0 spiro atoms. The maximum absolute atomic E-state index is 5.12. The van der Waals surface area contributed by atoms with Gasteiger partial charge in [-0.2, -0.15) is 0 Å². The highest BCUT2D eigenvalue weighted by Crippen LogP contribution is 2.26. The molecule has 0 aliphatic heterocycles. The van der Waals surface area contributed by atoms with Crippen LogP contribution in [0.5, 0.6) is 0 Å². The molecule has 0 heterocycles. The predicted molar refractivity (Wildman–Crippen MR) is 66.9 cm³/mol. The van der Waals surface area contributed by atoms with Crippen molar-refractivity contribution in [2.45, 2.75) is 32.6 Å². The van der Waals surface area contributed by atoms with Crippen LogP contribution in [0.25, 0.3) is 0 Å². The van der Waals surface area contributed by atoms with Gasteiger partial charge in [0.1, 0.15) is 0 Å². The van der Waals surface area contributed by atoms with E-state index in [4.69, 9.17) is 12.2 Å². The fourth-order valence-electron chi connectivity index (χ4n) is 1.85. The first kappa shape index (κ1) is 11.4. The van der Waals surface area contributed by atoms with Gasteiger partial charge in [-0.25, -0.2) is 0 Å². The quantitative estimate of drug-likeness (QED) is 0.650. The average molecular weight is 206 g/mol. The molecule has 0 bridgehead atoms. The summed E-state index contributed by atoms with van der Waals surface area (Å²) in [6.07, 6.45) is 2.47. The molecule has 0 fully saturated rings. The van der Waals surface area contributed by atoms with Crippen molar-refractivity contribution in [3.8, 4) is 0 Å². The molecule has 76 valence electrons. The van der Waals surface area contributed by atoms with Gasteiger partial charge in [0, 0.05) is 5.92 Å². The molecule has 0 saturated carbocycles. The standard InChI is InChI=1S/C13H18S/c1-3-7-11(2)13(10-14)12-8-5-4-6-9-12/h4-6,8-11,13H,3,7H2,1-2H3. The highest BCUT2D eigenvalue weighted by atomic mass is 32.1. The van der Waals surface area contributed by atoms with Gasteiger partial charge in [0.25, 0.3) is 0 Å². The summed E-state index contributed by atoms with van der Waals surface area (Å²) in [4.78, 5) is 0. The number of rotatable bonds is 5. The summed E-state index contributed by atoms with van der Waals surface area (Å²) in [6, 6.07) is 10.5.